The molecule has 0 saturated heterocycles. The van der Waals surface area contributed by atoms with Gasteiger partial charge >= 0.3 is 0 Å². The van der Waals surface area contributed by atoms with Gasteiger partial charge in [-0.05, 0) is 54.4 Å². The summed E-state index contributed by atoms with van der Waals surface area (Å²) in [6.07, 6.45) is 3.47. The number of carbonyl (C=O) groups excluding carboxylic acids is 1. The van der Waals surface area contributed by atoms with Crippen LogP contribution < -0.4 is 5.32 Å². The molecule has 1 N–H and O–H groups in total. The van der Waals surface area contributed by atoms with Crippen LogP contribution in [-0.2, 0) is 17.0 Å². The number of benzene rings is 2. The molecule has 0 aliphatic carbocycles. The van der Waals surface area contributed by atoms with Crippen LogP contribution in [0.3, 0.4) is 0 Å². The molecule has 9 heteroatoms. The molecule has 2 heterocycles. The lowest BCUT2D eigenvalue weighted by Crippen LogP contribution is -2.22. The van der Waals surface area contributed by atoms with Crippen molar-refractivity contribution in [1.82, 2.24) is 25.1 Å². The standard InChI is InChI=1S/C26H26FN5O2S/c1-18(16-34-2)32-24(21-11-13-28-14-12-21)30-31-26(32)35-17-20-3-7-22(8-4-20)25(33)29-15-19-5-9-23(27)10-6-19/h3-14,18H,15-17H2,1-2H3,(H,29,33). The minimum Gasteiger partial charge on any atom is -0.383 e. The molecule has 4 rings (SSSR count). The highest BCUT2D eigenvalue weighted by Gasteiger charge is 2.19. The molecule has 1 amide bonds. The summed E-state index contributed by atoms with van der Waals surface area (Å²) in [5.41, 5.74) is 3.41. The molecule has 0 spiro atoms. The van der Waals surface area contributed by atoms with E-state index >= 15 is 0 Å². The monoisotopic (exact) mass is 491 g/mol. The van der Waals surface area contributed by atoms with Crippen molar-refractivity contribution in [3.8, 4) is 11.4 Å². The van der Waals surface area contributed by atoms with Gasteiger partial charge in [-0.2, -0.15) is 0 Å². The van der Waals surface area contributed by atoms with Crippen LogP contribution in [-0.4, -0.2) is 39.4 Å². The van der Waals surface area contributed by atoms with Gasteiger partial charge in [0.25, 0.3) is 5.91 Å². The molecular formula is C26H26FN5O2S. The summed E-state index contributed by atoms with van der Waals surface area (Å²) in [5.74, 6) is 0.968. The fourth-order valence-corrected chi connectivity index (χ4v) is 4.57. The van der Waals surface area contributed by atoms with Gasteiger partial charge in [0.2, 0.25) is 0 Å². The summed E-state index contributed by atoms with van der Waals surface area (Å²) in [6.45, 7) is 2.94. The summed E-state index contributed by atoms with van der Waals surface area (Å²) < 4.78 is 20.5. The predicted molar refractivity (Wildman–Crippen MR) is 133 cm³/mol. The number of halogens is 1. The van der Waals surface area contributed by atoms with Crippen molar-refractivity contribution in [2.24, 2.45) is 0 Å². The molecule has 1 atom stereocenters. The number of hydrogen-bond donors (Lipinski definition) is 1. The summed E-state index contributed by atoms with van der Waals surface area (Å²) in [6, 6.07) is 17.4. The van der Waals surface area contributed by atoms with Crippen molar-refractivity contribution in [1.29, 1.82) is 0 Å². The molecule has 0 fully saturated rings. The molecule has 0 aliphatic rings. The molecule has 0 aliphatic heterocycles. The maximum Gasteiger partial charge on any atom is 0.251 e. The number of methoxy groups -OCH3 is 1. The largest absolute Gasteiger partial charge is 0.383 e. The summed E-state index contributed by atoms with van der Waals surface area (Å²) in [5, 5.41) is 12.5. The van der Waals surface area contributed by atoms with Gasteiger partial charge in [0, 0.05) is 42.9 Å². The fourth-order valence-electron chi connectivity index (χ4n) is 3.57. The second kappa shape index (κ2) is 11.7. The van der Waals surface area contributed by atoms with Crippen molar-refractivity contribution < 1.29 is 13.9 Å². The van der Waals surface area contributed by atoms with E-state index in [1.807, 2.05) is 24.3 Å². The van der Waals surface area contributed by atoms with Gasteiger partial charge in [-0.25, -0.2) is 4.39 Å². The fraction of sp³-hybridized carbons (Fsp3) is 0.231. The van der Waals surface area contributed by atoms with Gasteiger partial charge in [-0.15, -0.1) is 10.2 Å². The average molecular weight is 492 g/mol. The number of hydrogen-bond acceptors (Lipinski definition) is 6. The van der Waals surface area contributed by atoms with E-state index in [1.54, 1.807) is 55.5 Å². The SMILES string of the molecule is COCC(C)n1c(SCc2ccc(C(=O)NCc3ccc(F)cc3)cc2)nnc1-c1ccncc1. The van der Waals surface area contributed by atoms with Crippen LogP contribution in [0.2, 0.25) is 0 Å². The van der Waals surface area contributed by atoms with Crippen LogP contribution >= 0.6 is 11.8 Å². The van der Waals surface area contributed by atoms with E-state index in [0.29, 0.717) is 24.5 Å². The Hall–Kier alpha value is -3.56. The molecule has 35 heavy (non-hydrogen) atoms. The number of nitrogens with zero attached hydrogens (tertiary/aromatic N) is 4. The lowest BCUT2D eigenvalue weighted by Gasteiger charge is -2.17. The number of nitrogens with one attached hydrogen (secondary N) is 1. The zero-order valence-corrected chi connectivity index (χ0v) is 20.3. The van der Waals surface area contributed by atoms with E-state index in [2.05, 4.69) is 32.0 Å². The third kappa shape index (κ3) is 6.32. The Morgan fingerprint density at radius 2 is 1.71 bits per heavy atom. The Bertz CT molecular complexity index is 1250. The van der Waals surface area contributed by atoms with Crippen LogP contribution in [0.15, 0.2) is 78.2 Å². The highest BCUT2D eigenvalue weighted by atomic mass is 32.2. The van der Waals surface area contributed by atoms with Gasteiger partial charge in [0.15, 0.2) is 11.0 Å². The lowest BCUT2D eigenvalue weighted by atomic mass is 10.1. The number of aromatic nitrogens is 4. The van der Waals surface area contributed by atoms with E-state index in [1.165, 1.54) is 12.1 Å². The quantitative estimate of drug-likeness (QED) is 0.318. The molecule has 1 unspecified atom stereocenters. The first kappa shape index (κ1) is 24.6. The first-order chi connectivity index (χ1) is 17.0. The minimum atomic E-state index is -0.298. The molecule has 2 aromatic heterocycles. The van der Waals surface area contributed by atoms with Crippen molar-refractivity contribution in [2.45, 2.75) is 30.4 Å². The van der Waals surface area contributed by atoms with Crippen LogP contribution in [0.5, 0.6) is 0 Å². The molecule has 0 bridgehead atoms. The second-order valence-electron chi connectivity index (χ2n) is 8.01. The van der Waals surface area contributed by atoms with Gasteiger partial charge in [-0.3, -0.25) is 14.3 Å². The molecule has 180 valence electrons. The molecule has 7 nitrogen and oxygen atoms in total. The second-order valence-corrected chi connectivity index (χ2v) is 8.95. The normalized spacial score (nSPS) is 11.9. The Balaban J connectivity index is 1.41. The van der Waals surface area contributed by atoms with Crippen LogP contribution in [0.4, 0.5) is 4.39 Å². The van der Waals surface area contributed by atoms with Crippen LogP contribution in [0.25, 0.3) is 11.4 Å². The van der Waals surface area contributed by atoms with Gasteiger partial charge < -0.3 is 10.1 Å². The number of pyridine rings is 1. The Labute approximate surface area is 207 Å². The third-order valence-electron chi connectivity index (χ3n) is 5.40. The van der Waals surface area contributed by atoms with Crippen LogP contribution in [0.1, 0.15) is 34.5 Å². The highest BCUT2D eigenvalue weighted by molar-refractivity contribution is 7.98. The van der Waals surface area contributed by atoms with E-state index in [0.717, 1.165) is 27.7 Å². The number of ether oxygens (including phenoxy) is 1. The minimum absolute atomic E-state index is 0.0489. The predicted octanol–water partition coefficient (Wildman–Crippen LogP) is 4.91. The Kier molecular flexibility index (Phi) is 8.23. The molecule has 4 aromatic rings. The van der Waals surface area contributed by atoms with E-state index in [9.17, 15) is 9.18 Å². The summed E-state index contributed by atoms with van der Waals surface area (Å²) in [4.78, 5) is 16.6. The van der Waals surface area contributed by atoms with E-state index in [4.69, 9.17) is 4.74 Å². The molecule has 2 aromatic carbocycles. The Morgan fingerprint density at radius 1 is 1.03 bits per heavy atom. The van der Waals surface area contributed by atoms with Crippen LogP contribution in [0, 0.1) is 5.82 Å². The smallest absolute Gasteiger partial charge is 0.251 e. The number of rotatable bonds is 10. The van der Waals surface area contributed by atoms with E-state index in [-0.39, 0.29) is 17.8 Å². The molecule has 0 saturated carbocycles. The topological polar surface area (TPSA) is 81.9 Å². The first-order valence-corrected chi connectivity index (χ1v) is 12.1. The van der Waals surface area contributed by atoms with Gasteiger partial charge in [-0.1, -0.05) is 36.0 Å². The lowest BCUT2D eigenvalue weighted by molar-refractivity contribution is 0.0951. The van der Waals surface area contributed by atoms with E-state index < -0.39 is 0 Å². The maximum absolute atomic E-state index is 13.0. The van der Waals surface area contributed by atoms with Crippen molar-refractivity contribution in [3.63, 3.8) is 0 Å². The average Bonchev–Trinajstić information content (AvgIpc) is 3.32. The first-order valence-electron chi connectivity index (χ1n) is 11.1. The molecular weight excluding hydrogens is 465 g/mol. The summed E-state index contributed by atoms with van der Waals surface area (Å²) in [7, 11) is 1.68. The third-order valence-corrected chi connectivity index (χ3v) is 6.42. The van der Waals surface area contributed by atoms with Gasteiger partial charge in [0.05, 0.1) is 12.6 Å². The van der Waals surface area contributed by atoms with Crippen molar-refractivity contribution in [3.05, 3.63) is 95.6 Å². The number of carbonyl (C=O) groups is 1. The zero-order chi connectivity index (χ0) is 24.6. The Morgan fingerprint density at radius 3 is 2.40 bits per heavy atom. The summed E-state index contributed by atoms with van der Waals surface area (Å²) >= 11 is 1.58. The van der Waals surface area contributed by atoms with Crippen molar-refractivity contribution in [2.75, 3.05) is 13.7 Å². The molecule has 0 radical (unpaired) electrons. The van der Waals surface area contributed by atoms with Crippen molar-refractivity contribution >= 4 is 17.7 Å². The number of amides is 1. The highest BCUT2D eigenvalue weighted by Crippen LogP contribution is 2.29. The maximum atomic E-state index is 13.0. The van der Waals surface area contributed by atoms with Gasteiger partial charge in [0.1, 0.15) is 5.82 Å². The zero-order valence-electron chi connectivity index (χ0n) is 19.5. The number of thioether (sulfide) groups is 1.